The van der Waals surface area contributed by atoms with Crippen molar-refractivity contribution in [3.63, 3.8) is 0 Å². The molecule has 0 amide bonds. The minimum Gasteiger partial charge on any atom is -0.495 e. The second-order valence-electron chi connectivity index (χ2n) is 4.26. The van der Waals surface area contributed by atoms with Crippen LogP contribution in [0.4, 0.5) is 11.9 Å². The molecular weight excluding hydrogens is 310 g/mol. The van der Waals surface area contributed by atoms with Crippen LogP contribution in [0.15, 0.2) is 23.4 Å². The summed E-state index contributed by atoms with van der Waals surface area (Å²) >= 11 is 7.54. The molecule has 0 bridgehead atoms. The minimum absolute atomic E-state index is 0.0371. The molecule has 0 spiro atoms. The molecule has 0 fully saturated rings. The molecule has 2 rings (SSSR count). The van der Waals surface area contributed by atoms with Crippen molar-refractivity contribution >= 4 is 35.3 Å². The first kappa shape index (κ1) is 15.7. The highest BCUT2D eigenvalue weighted by molar-refractivity contribution is 7.98. The molecule has 0 saturated carbocycles. The molecule has 1 unspecified atom stereocenters. The summed E-state index contributed by atoms with van der Waals surface area (Å²) in [6, 6.07) is 5.57. The number of benzene rings is 1. The lowest BCUT2D eigenvalue weighted by atomic mass is 10.1. The number of anilines is 2. The van der Waals surface area contributed by atoms with Gasteiger partial charge in [-0.15, -0.1) is 0 Å². The van der Waals surface area contributed by atoms with Crippen LogP contribution in [0.25, 0.3) is 0 Å². The number of halogens is 1. The number of nitrogens with two attached hydrogens (primary N) is 1. The molecule has 6 nitrogen and oxygen atoms in total. The number of thioether (sulfide) groups is 1. The summed E-state index contributed by atoms with van der Waals surface area (Å²) in [4.78, 5) is 12.4. The van der Waals surface area contributed by atoms with Gasteiger partial charge in [0.25, 0.3) is 0 Å². The summed E-state index contributed by atoms with van der Waals surface area (Å²) < 4.78 is 5.14. The Morgan fingerprint density at radius 3 is 2.71 bits per heavy atom. The van der Waals surface area contributed by atoms with E-state index in [1.807, 2.05) is 31.4 Å². The quantitative estimate of drug-likeness (QED) is 0.817. The fourth-order valence-electron chi connectivity index (χ4n) is 1.76. The van der Waals surface area contributed by atoms with E-state index < -0.39 is 0 Å². The van der Waals surface area contributed by atoms with Crippen LogP contribution in [0.5, 0.6) is 5.75 Å². The summed E-state index contributed by atoms with van der Waals surface area (Å²) in [5.74, 6) is 1.27. The lowest BCUT2D eigenvalue weighted by molar-refractivity contribution is 0.415. The van der Waals surface area contributed by atoms with E-state index in [1.54, 1.807) is 7.11 Å². The van der Waals surface area contributed by atoms with Gasteiger partial charge in [0.2, 0.25) is 11.9 Å². The molecule has 2 aromatic rings. The van der Waals surface area contributed by atoms with Gasteiger partial charge < -0.3 is 15.8 Å². The fraction of sp³-hybridized carbons (Fsp3) is 0.308. The van der Waals surface area contributed by atoms with Crippen LogP contribution in [-0.2, 0) is 0 Å². The van der Waals surface area contributed by atoms with Crippen LogP contribution >= 0.6 is 23.4 Å². The van der Waals surface area contributed by atoms with Gasteiger partial charge in [0, 0.05) is 0 Å². The van der Waals surface area contributed by atoms with Crippen molar-refractivity contribution in [3.8, 4) is 5.75 Å². The molecule has 0 aliphatic heterocycles. The van der Waals surface area contributed by atoms with Gasteiger partial charge in [-0.3, -0.25) is 0 Å². The molecule has 1 heterocycles. The third-order valence-corrected chi connectivity index (χ3v) is 3.68. The van der Waals surface area contributed by atoms with Crippen molar-refractivity contribution in [2.24, 2.45) is 0 Å². The third kappa shape index (κ3) is 3.89. The summed E-state index contributed by atoms with van der Waals surface area (Å²) in [5.41, 5.74) is 6.65. The molecule has 1 atom stereocenters. The SMILES string of the molecule is COc1ccc(C(C)Nc2nc(N)nc(SC)n2)cc1Cl. The maximum Gasteiger partial charge on any atom is 0.228 e. The first-order chi connectivity index (χ1) is 10.0. The average Bonchev–Trinajstić information content (AvgIpc) is 2.46. The standard InChI is InChI=1S/C13H16ClN5OS/c1-7(8-4-5-10(20-2)9(14)6-8)16-12-17-11(15)18-13(19-12)21-3/h4-7H,1-3H3,(H3,15,16,17,18,19). The van der Waals surface area contributed by atoms with Crippen molar-refractivity contribution < 1.29 is 4.74 Å². The van der Waals surface area contributed by atoms with Gasteiger partial charge in [0.1, 0.15) is 5.75 Å². The van der Waals surface area contributed by atoms with E-state index in [0.29, 0.717) is 21.9 Å². The molecule has 0 radical (unpaired) electrons. The van der Waals surface area contributed by atoms with E-state index in [4.69, 9.17) is 22.1 Å². The number of nitrogens with zero attached hydrogens (tertiary/aromatic N) is 3. The second kappa shape index (κ2) is 6.82. The van der Waals surface area contributed by atoms with Crippen LogP contribution in [0.3, 0.4) is 0 Å². The molecule has 0 aliphatic rings. The highest BCUT2D eigenvalue weighted by atomic mass is 35.5. The molecule has 8 heteroatoms. The summed E-state index contributed by atoms with van der Waals surface area (Å²) in [6.45, 7) is 1.98. The molecule has 1 aromatic carbocycles. The Hall–Kier alpha value is -1.73. The number of hydrogen-bond acceptors (Lipinski definition) is 7. The molecule has 0 saturated heterocycles. The zero-order chi connectivity index (χ0) is 15.4. The summed E-state index contributed by atoms with van der Waals surface area (Å²) in [7, 11) is 1.58. The monoisotopic (exact) mass is 325 g/mol. The van der Waals surface area contributed by atoms with Crippen LogP contribution < -0.4 is 15.8 Å². The van der Waals surface area contributed by atoms with E-state index in [-0.39, 0.29) is 12.0 Å². The summed E-state index contributed by atoms with van der Waals surface area (Å²) in [5, 5.41) is 4.32. The Balaban J connectivity index is 2.19. The minimum atomic E-state index is -0.0371. The van der Waals surface area contributed by atoms with Crippen LogP contribution in [0.2, 0.25) is 5.02 Å². The maximum absolute atomic E-state index is 6.13. The second-order valence-corrected chi connectivity index (χ2v) is 5.44. The molecule has 1 aromatic heterocycles. The number of hydrogen-bond donors (Lipinski definition) is 2. The first-order valence-electron chi connectivity index (χ1n) is 6.19. The zero-order valence-corrected chi connectivity index (χ0v) is 13.5. The average molecular weight is 326 g/mol. The fourth-order valence-corrected chi connectivity index (χ4v) is 2.39. The third-order valence-electron chi connectivity index (χ3n) is 2.84. The molecule has 21 heavy (non-hydrogen) atoms. The Kier molecular flexibility index (Phi) is 5.08. The first-order valence-corrected chi connectivity index (χ1v) is 7.79. The molecule has 0 aliphatic carbocycles. The van der Waals surface area contributed by atoms with Crippen LogP contribution in [0, 0.1) is 0 Å². The maximum atomic E-state index is 6.13. The van der Waals surface area contributed by atoms with E-state index >= 15 is 0 Å². The molecule has 3 N–H and O–H groups in total. The smallest absolute Gasteiger partial charge is 0.228 e. The Morgan fingerprint density at radius 1 is 1.33 bits per heavy atom. The van der Waals surface area contributed by atoms with Gasteiger partial charge in [0.05, 0.1) is 18.2 Å². The lowest BCUT2D eigenvalue weighted by Gasteiger charge is -2.15. The normalized spacial score (nSPS) is 12.0. The topological polar surface area (TPSA) is 86.0 Å². The highest BCUT2D eigenvalue weighted by Crippen LogP contribution is 2.28. The Bertz CT molecular complexity index is 640. The number of nitrogen functional groups attached to an aromatic ring is 1. The summed E-state index contributed by atoms with van der Waals surface area (Å²) in [6.07, 6.45) is 1.88. The number of rotatable bonds is 5. The molecular formula is C13H16ClN5OS. The van der Waals surface area contributed by atoms with Gasteiger partial charge >= 0.3 is 0 Å². The number of aromatic nitrogens is 3. The van der Waals surface area contributed by atoms with Gasteiger partial charge in [-0.25, -0.2) is 0 Å². The van der Waals surface area contributed by atoms with Crippen LogP contribution in [-0.4, -0.2) is 28.3 Å². The van der Waals surface area contributed by atoms with Crippen molar-refractivity contribution in [2.75, 3.05) is 24.4 Å². The number of nitrogens with one attached hydrogen (secondary N) is 1. The lowest BCUT2D eigenvalue weighted by Crippen LogP contribution is -2.12. The van der Waals surface area contributed by atoms with E-state index in [1.165, 1.54) is 11.8 Å². The predicted octanol–water partition coefficient (Wildman–Crippen LogP) is 3.01. The predicted molar refractivity (Wildman–Crippen MR) is 86.1 cm³/mol. The number of ether oxygens (including phenoxy) is 1. The Morgan fingerprint density at radius 2 is 2.10 bits per heavy atom. The van der Waals surface area contributed by atoms with E-state index in [2.05, 4.69) is 20.3 Å². The number of methoxy groups -OCH3 is 1. The van der Waals surface area contributed by atoms with Crippen molar-refractivity contribution in [1.82, 2.24) is 15.0 Å². The van der Waals surface area contributed by atoms with Crippen molar-refractivity contribution in [1.29, 1.82) is 0 Å². The molecule has 112 valence electrons. The van der Waals surface area contributed by atoms with E-state index in [0.717, 1.165) is 5.56 Å². The van der Waals surface area contributed by atoms with E-state index in [9.17, 15) is 0 Å². The van der Waals surface area contributed by atoms with Gasteiger partial charge in [0.15, 0.2) is 5.16 Å². The van der Waals surface area contributed by atoms with Gasteiger partial charge in [-0.2, -0.15) is 15.0 Å². The van der Waals surface area contributed by atoms with Crippen LogP contribution in [0.1, 0.15) is 18.5 Å². The van der Waals surface area contributed by atoms with Gasteiger partial charge in [-0.1, -0.05) is 29.4 Å². The highest BCUT2D eigenvalue weighted by Gasteiger charge is 2.11. The van der Waals surface area contributed by atoms with Gasteiger partial charge in [-0.05, 0) is 30.9 Å². The zero-order valence-electron chi connectivity index (χ0n) is 11.9. The van der Waals surface area contributed by atoms with Crippen molar-refractivity contribution in [3.05, 3.63) is 28.8 Å². The largest absolute Gasteiger partial charge is 0.495 e. The Labute approximate surface area is 132 Å². The van der Waals surface area contributed by atoms with Crippen molar-refractivity contribution in [2.45, 2.75) is 18.1 Å².